The molecule has 3 heterocycles. The molecule has 5 heteroatoms. The maximum Gasteiger partial charge on any atom is 0.161 e. The number of furan rings is 1. The quantitative estimate of drug-likeness (QED) is 0.183. The van der Waals surface area contributed by atoms with Crippen LogP contribution < -0.4 is 0 Å². The molecule has 0 saturated carbocycles. The summed E-state index contributed by atoms with van der Waals surface area (Å²) in [5.41, 5.74) is 14.3. The van der Waals surface area contributed by atoms with Crippen molar-refractivity contribution in [2.24, 2.45) is 0 Å². The van der Waals surface area contributed by atoms with Crippen LogP contribution in [0.4, 0.5) is 0 Å². The van der Waals surface area contributed by atoms with E-state index in [9.17, 15) is 5.26 Å². The Bertz CT molecular complexity index is 3180. The number of hydrogen-bond acceptors (Lipinski definition) is 4. The zero-order valence-electron chi connectivity index (χ0n) is 30.2. The number of nitrogens with zero attached hydrogens (tertiary/aromatic N) is 4. The van der Waals surface area contributed by atoms with E-state index in [1.807, 2.05) is 72.8 Å². The number of nitriles is 1. The van der Waals surface area contributed by atoms with Gasteiger partial charge in [0.15, 0.2) is 5.82 Å². The third-order valence-corrected chi connectivity index (χ3v) is 11.5. The summed E-state index contributed by atoms with van der Waals surface area (Å²) >= 11 is 0. The Morgan fingerprint density at radius 2 is 1.22 bits per heavy atom. The standard InChI is InChI=1S/C50H32N4O/c1-50(2)40-21-11-9-18-33(40)36-28-43-37(27-41(36)50)34-19-10-12-22-42(34)54(43)32-24-25-44-38(26-32)46-35(20-13-23-45(46)55-44)49-52-47(30-14-5-3-6-15-30)39(29-51)48(53-49)31-16-7-4-8-17-31/h3-28H,1-2H3. The second-order valence-electron chi connectivity index (χ2n) is 14.9. The summed E-state index contributed by atoms with van der Waals surface area (Å²) in [6, 6.07) is 57.0. The minimum Gasteiger partial charge on any atom is -0.456 e. The molecule has 1 aliphatic carbocycles. The predicted molar refractivity (Wildman–Crippen MR) is 222 cm³/mol. The Labute approximate surface area is 317 Å². The van der Waals surface area contributed by atoms with E-state index in [2.05, 4.69) is 109 Å². The maximum atomic E-state index is 10.5. The highest BCUT2D eigenvalue weighted by Gasteiger charge is 2.36. The molecule has 258 valence electrons. The molecule has 0 bridgehead atoms. The van der Waals surface area contributed by atoms with Gasteiger partial charge >= 0.3 is 0 Å². The fourth-order valence-electron chi connectivity index (χ4n) is 8.88. The van der Waals surface area contributed by atoms with E-state index in [-0.39, 0.29) is 5.41 Å². The minimum atomic E-state index is -0.0946. The van der Waals surface area contributed by atoms with Crippen molar-refractivity contribution >= 4 is 43.7 Å². The molecule has 10 aromatic rings. The summed E-state index contributed by atoms with van der Waals surface area (Å²) < 4.78 is 8.93. The molecule has 5 nitrogen and oxygen atoms in total. The Kier molecular flexibility index (Phi) is 6.59. The van der Waals surface area contributed by atoms with E-state index >= 15 is 0 Å². The van der Waals surface area contributed by atoms with Gasteiger partial charge in [0.05, 0.1) is 22.4 Å². The van der Waals surface area contributed by atoms with Gasteiger partial charge in [0.1, 0.15) is 22.8 Å². The van der Waals surface area contributed by atoms with Crippen molar-refractivity contribution in [3.8, 4) is 56.8 Å². The highest BCUT2D eigenvalue weighted by molar-refractivity contribution is 6.14. The average molecular weight is 705 g/mol. The second-order valence-corrected chi connectivity index (χ2v) is 14.9. The highest BCUT2D eigenvalue weighted by atomic mass is 16.3. The van der Waals surface area contributed by atoms with Crippen LogP contribution in [0.5, 0.6) is 0 Å². The molecule has 0 N–H and O–H groups in total. The van der Waals surface area contributed by atoms with Crippen LogP contribution in [0.15, 0.2) is 162 Å². The highest BCUT2D eigenvalue weighted by Crippen LogP contribution is 2.51. The summed E-state index contributed by atoms with van der Waals surface area (Å²) in [5.74, 6) is 0.532. The van der Waals surface area contributed by atoms with Crippen molar-refractivity contribution in [1.29, 1.82) is 5.26 Å². The van der Waals surface area contributed by atoms with Crippen molar-refractivity contribution in [3.63, 3.8) is 0 Å². The van der Waals surface area contributed by atoms with Crippen molar-refractivity contribution in [1.82, 2.24) is 14.5 Å². The van der Waals surface area contributed by atoms with Crippen molar-refractivity contribution in [3.05, 3.63) is 174 Å². The van der Waals surface area contributed by atoms with E-state index in [4.69, 9.17) is 14.4 Å². The molecule has 0 amide bonds. The number of hydrogen-bond donors (Lipinski definition) is 0. The molecule has 55 heavy (non-hydrogen) atoms. The Hall–Kier alpha value is -7.29. The number of fused-ring (bicyclic) bond motifs is 9. The van der Waals surface area contributed by atoms with Gasteiger partial charge in [-0.25, -0.2) is 9.97 Å². The van der Waals surface area contributed by atoms with E-state index in [0.717, 1.165) is 55.3 Å². The summed E-state index contributed by atoms with van der Waals surface area (Å²) in [6.07, 6.45) is 0. The number of rotatable bonds is 4. The normalized spacial score (nSPS) is 13.0. The molecule has 0 saturated heterocycles. The molecular weight excluding hydrogens is 673 g/mol. The maximum absolute atomic E-state index is 10.5. The summed E-state index contributed by atoms with van der Waals surface area (Å²) in [5, 5.41) is 14.9. The van der Waals surface area contributed by atoms with Gasteiger partial charge in [-0.05, 0) is 64.7 Å². The predicted octanol–water partition coefficient (Wildman–Crippen LogP) is 12.7. The summed E-state index contributed by atoms with van der Waals surface area (Å²) in [6.45, 7) is 4.67. The Morgan fingerprint density at radius 3 is 1.96 bits per heavy atom. The van der Waals surface area contributed by atoms with Gasteiger partial charge in [0, 0.05) is 49.3 Å². The summed E-state index contributed by atoms with van der Waals surface area (Å²) in [7, 11) is 0. The van der Waals surface area contributed by atoms with Crippen LogP contribution in [0.1, 0.15) is 30.5 Å². The zero-order chi connectivity index (χ0) is 36.8. The fraction of sp³-hybridized carbons (Fsp3) is 0.0600. The number of aromatic nitrogens is 3. The molecule has 1 aliphatic rings. The monoisotopic (exact) mass is 704 g/mol. The smallest absolute Gasteiger partial charge is 0.161 e. The molecule has 0 aliphatic heterocycles. The van der Waals surface area contributed by atoms with E-state index < -0.39 is 0 Å². The first kappa shape index (κ1) is 31.3. The molecule has 3 aromatic heterocycles. The van der Waals surface area contributed by atoms with Crippen LogP contribution in [0, 0.1) is 11.3 Å². The van der Waals surface area contributed by atoms with E-state index in [0.29, 0.717) is 22.8 Å². The van der Waals surface area contributed by atoms with Crippen LogP contribution in [0.2, 0.25) is 0 Å². The molecule has 11 rings (SSSR count). The lowest BCUT2D eigenvalue weighted by molar-refractivity contribution is 0.661. The lowest BCUT2D eigenvalue weighted by Crippen LogP contribution is -2.14. The SMILES string of the molecule is CC1(C)c2ccccc2-c2cc3c(cc21)c1ccccc1n3-c1ccc2oc3cccc(-c4nc(-c5ccccc5)c(C#N)c(-c5ccccc5)n4)c3c2c1. The number of para-hydroxylation sites is 1. The van der Waals surface area contributed by atoms with Crippen LogP contribution in [0.25, 0.3) is 94.5 Å². The molecule has 0 atom stereocenters. The van der Waals surface area contributed by atoms with Gasteiger partial charge in [-0.3, -0.25) is 0 Å². The molecular formula is C50H32N4O. The first-order chi connectivity index (χ1) is 27.0. The largest absolute Gasteiger partial charge is 0.456 e. The lowest BCUT2D eigenvalue weighted by atomic mass is 9.82. The van der Waals surface area contributed by atoms with Gasteiger partial charge in [-0.2, -0.15) is 5.26 Å². The fourth-order valence-corrected chi connectivity index (χ4v) is 8.88. The average Bonchev–Trinajstić information content (AvgIpc) is 3.85. The van der Waals surface area contributed by atoms with Gasteiger partial charge in [0.25, 0.3) is 0 Å². The lowest BCUT2D eigenvalue weighted by Gasteiger charge is -2.21. The molecule has 0 unspecified atom stereocenters. The third-order valence-electron chi connectivity index (χ3n) is 11.5. The van der Waals surface area contributed by atoms with E-state index in [1.165, 1.54) is 33.0 Å². The number of benzene rings is 7. The Morgan fingerprint density at radius 1 is 0.545 bits per heavy atom. The van der Waals surface area contributed by atoms with Crippen LogP contribution in [-0.2, 0) is 5.41 Å². The molecule has 0 spiro atoms. The third kappa shape index (κ3) is 4.52. The van der Waals surface area contributed by atoms with Gasteiger partial charge in [-0.1, -0.05) is 129 Å². The molecule has 0 radical (unpaired) electrons. The molecule has 0 fully saturated rings. The van der Waals surface area contributed by atoms with Gasteiger partial charge in [-0.15, -0.1) is 0 Å². The first-order valence-corrected chi connectivity index (χ1v) is 18.6. The van der Waals surface area contributed by atoms with Crippen LogP contribution in [0.3, 0.4) is 0 Å². The van der Waals surface area contributed by atoms with E-state index in [1.54, 1.807) is 0 Å². The van der Waals surface area contributed by atoms with Crippen molar-refractivity contribution in [2.75, 3.05) is 0 Å². The van der Waals surface area contributed by atoms with Gasteiger partial charge < -0.3 is 8.98 Å². The van der Waals surface area contributed by atoms with Crippen LogP contribution >= 0.6 is 0 Å². The second kappa shape index (κ2) is 11.6. The topological polar surface area (TPSA) is 67.6 Å². The van der Waals surface area contributed by atoms with Gasteiger partial charge in [0.2, 0.25) is 0 Å². The van der Waals surface area contributed by atoms with Crippen molar-refractivity contribution in [2.45, 2.75) is 19.3 Å². The molecule has 7 aromatic carbocycles. The zero-order valence-corrected chi connectivity index (χ0v) is 30.2. The summed E-state index contributed by atoms with van der Waals surface area (Å²) in [4.78, 5) is 10.3. The minimum absolute atomic E-state index is 0.0946. The van der Waals surface area contributed by atoms with Crippen molar-refractivity contribution < 1.29 is 4.42 Å². The van der Waals surface area contributed by atoms with Crippen LogP contribution in [-0.4, -0.2) is 14.5 Å². The Balaban J connectivity index is 1.17. The first-order valence-electron chi connectivity index (χ1n) is 18.6.